The second kappa shape index (κ2) is 5.29. The van der Waals surface area contributed by atoms with E-state index in [9.17, 15) is 10.1 Å². The number of carbonyl (C=O) groups excluding carboxylic acids is 1. The molecule has 1 unspecified atom stereocenters. The summed E-state index contributed by atoms with van der Waals surface area (Å²) in [6, 6.07) is 17.2. The van der Waals surface area contributed by atoms with Crippen LogP contribution in [0.5, 0.6) is 0 Å². The molecule has 0 fully saturated rings. The van der Waals surface area contributed by atoms with E-state index in [-0.39, 0.29) is 5.57 Å². The number of carbonyl (C=O) groups is 1. The standard InChI is InChI=1S/C19H16N2O2/c1-12-8-9-15-14(10-12)17(21)16(18(22)23-2)19(15,11-20)13-6-4-3-5-7-13/h3-10H,21H2,1-2H3. The van der Waals surface area contributed by atoms with Crippen molar-refractivity contribution in [1.29, 1.82) is 5.26 Å². The van der Waals surface area contributed by atoms with E-state index in [1.807, 2.05) is 55.5 Å². The largest absolute Gasteiger partial charge is 0.466 e. The van der Waals surface area contributed by atoms with Gasteiger partial charge in [-0.3, -0.25) is 0 Å². The number of nitrogens with two attached hydrogens (primary N) is 1. The average Bonchev–Trinajstić information content (AvgIpc) is 2.84. The first-order chi connectivity index (χ1) is 11.1. The molecule has 2 aromatic rings. The molecule has 0 saturated carbocycles. The third kappa shape index (κ3) is 1.94. The van der Waals surface area contributed by atoms with Gasteiger partial charge in [-0.1, -0.05) is 48.0 Å². The third-order valence-electron chi connectivity index (χ3n) is 4.28. The average molecular weight is 304 g/mol. The molecule has 114 valence electrons. The minimum Gasteiger partial charge on any atom is -0.466 e. The van der Waals surface area contributed by atoms with Gasteiger partial charge in [0, 0.05) is 5.56 Å². The summed E-state index contributed by atoms with van der Waals surface area (Å²) in [5.74, 6) is -0.582. The lowest BCUT2D eigenvalue weighted by atomic mass is 9.72. The molecule has 0 heterocycles. The van der Waals surface area contributed by atoms with E-state index < -0.39 is 11.4 Å². The number of ether oxygens (including phenoxy) is 1. The van der Waals surface area contributed by atoms with Crippen molar-refractivity contribution in [2.45, 2.75) is 12.3 Å². The molecule has 4 heteroatoms. The fourth-order valence-corrected chi connectivity index (χ4v) is 3.21. The number of aryl methyl sites for hydroxylation is 1. The summed E-state index contributed by atoms with van der Waals surface area (Å²) in [4.78, 5) is 12.4. The first-order valence-corrected chi connectivity index (χ1v) is 7.23. The molecule has 0 saturated heterocycles. The van der Waals surface area contributed by atoms with Gasteiger partial charge in [-0.15, -0.1) is 0 Å². The van der Waals surface area contributed by atoms with Crippen LogP contribution in [0.1, 0.15) is 22.3 Å². The molecule has 0 radical (unpaired) electrons. The molecule has 23 heavy (non-hydrogen) atoms. The van der Waals surface area contributed by atoms with Gasteiger partial charge in [0.25, 0.3) is 0 Å². The summed E-state index contributed by atoms with van der Waals surface area (Å²) >= 11 is 0. The van der Waals surface area contributed by atoms with Gasteiger partial charge in [0.1, 0.15) is 5.41 Å². The van der Waals surface area contributed by atoms with Crippen LogP contribution in [0.3, 0.4) is 0 Å². The van der Waals surface area contributed by atoms with Crippen molar-refractivity contribution in [2.24, 2.45) is 5.73 Å². The van der Waals surface area contributed by atoms with E-state index in [1.165, 1.54) is 7.11 Å². The highest BCUT2D eigenvalue weighted by Crippen LogP contribution is 2.49. The fraction of sp³-hybridized carbons (Fsp3) is 0.158. The van der Waals surface area contributed by atoms with E-state index in [4.69, 9.17) is 10.5 Å². The molecule has 1 aliphatic carbocycles. The van der Waals surface area contributed by atoms with Gasteiger partial charge < -0.3 is 10.5 Å². The minimum atomic E-state index is -1.25. The Bertz CT molecular complexity index is 863. The maximum Gasteiger partial charge on any atom is 0.338 e. The molecule has 2 aromatic carbocycles. The van der Waals surface area contributed by atoms with Crippen molar-refractivity contribution in [3.05, 3.63) is 76.4 Å². The third-order valence-corrected chi connectivity index (χ3v) is 4.28. The van der Waals surface area contributed by atoms with Gasteiger partial charge in [-0.2, -0.15) is 5.26 Å². The Kier molecular flexibility index (Phi) is 3.42. The molecule has 0 bridgehead atoms. The van der Waals surface area contributed by atoms with Gasteiger partial charge in [0.15, 0.2) is 0 Å². The molecule has 0 aromatic heterocycles. The molecule has 0 spiro atoms. The summed E-state index contributed by atoms with van der Waals surface area (Å²) in [5.41, 5.74) is 8.65. The van der Waals surface area contributed by atoms with Gasteiger partial charge in [-0.05, 0) is 24.1 Å². The smallest absolute Gasteiger partial charge is 0.338 e. The summed E-state index contributed by atoms with van der Waals surface area (Å²) in [7, 11) is 1.30. The molecule has 0 amide bonds. The number of esters is 1. The predicted molar refractivity (Wildman–Crippen MR) is 87.1 cm³/mol. The van der Waals surface area contributed by atoms with E-state index in [0.29, 0.717) is 11.3 Å². The van der Waals surface area contributed by atoms with E-state index in [1.54, 1.807) is 0 Å². The second-order valence-corrected chi connectivity index (χ2v) is 5.56. The zero-order valence-corrected chi connectivity index (χ0v) is 13.0. The van der Waals surface area contributed by atoms with Gasteiger partial charge in [0.05, 0.1) is 24.4 Å². The van der Waals surface area contributed by atoms with Crippen molar-refractivity contribution in [1.82, 2.24) is 0 Å². The normalized spacial score (nSPS) is 19.2. The number of nitrogens with zero attached hydrogens (tertiary/aromatic N) is 1. The zero-order valence-electron chi connectivity index (χ0n) is 13.0. The van der Waals surface area contributed by atoms with Crippen LogP contribution in [0, 0.1) is 18.3 Å². The quantitative estimate of drug-likeness (QED) is 0.865. The number of hydrogen-bond donors (Lipinski definition) is 1. The van der Waals surface area contributed by atoms with Crippen LogP contribution in [0.4, 0.5) is 0 Å². The summed E-state index contributed by atoms with van der Waals surface area (Å²) < 4.78 is 4.92. The lowest BCUT2D eigenvalue weighted by molar-refractivity contribution is -0.136. The van der Waals surface area contributed by atoms with Crippen molar-refractivity contribution < 1.29 is 9.53 Å². The van der Waals surface area contributed by atoms with Crippen LogP contribution in [0.2, 0.25) is 0 Å². The fourth-order valence-electron chi connectivity index (χ4n) is 3.21. The molecule has 2 N–H and O–H groups in total. The second-order valence-electron chi connectivity index (χ2n) is 5.56. The Hall–Kier alpha value is -3.06. The van der Waals surface area contributed by atoms with Crippen LogP contribution < -0.4 is 5.73 Å². The van der Waals surface area contributed by atoms with Gasteiger partial charge in [-0.25, -0.2) is 4.79 Å². The first kappa shape index (κ1) is 14.9. The Labute approximate surface area is 134 Å². The van der Waals surface area contributed by atoms with Crippen LogP contribution >= 0.6 is 0 Å². The van der Waals surface area contributed by atoms with Crippen molar-refractivity contribution in [2.75, 3.05) is 7.11 Å². The predicted octanol–water partition coefficient (Wildman–Crippen LogP) is 2.66. The van der Waals surface area contributed by atoms with Gasteiger partial charge in [0.2, 0.25) is 0 Å². The van der Waals surface area contributed by atoms with Gasteiger partial charge >= 0.3 is 5.97 Å². The number of fused-ring (bicyclic) bond motifs is 1. The lowest BCUT2D eigenvalue weighted by Crippen LogP contribution is -2.31. The Morgan fingerprint density at radius 1 is 1.22 bits per heavy atom. The van der Waals surface area contributed by atoms with Crippen LogP contribution in [-0.4, -0.2) is 13.1 Å². The van der Waals surface area contributed by atoms with Crippen molar-refractivity contribution in [3.63, 3.8) is 0 Å². The maximum atomic E-state index is 12.4. The number of benzene rings is 2. The Morgan fingerprint density at radius 3 is 2.52 bits per heavy atom. The van der Waals surface area contributed by atoms with Crippen molar-refractivity contribution in [3.8, 4) is 6.07 Å². The SMILES string of the molecule is COC(=O)C1=C(N)c2cc(C)ccc2C1(C#N)c1ccccc1. The van der Waals surface area contributed by atoms with E-state index in [2.05, 4.69) is 6.07 Å². The highest BCUT2D eigenvalue weighted by atomic mass is 16.5. The number of hydrogen-bond acceptors (Lipinski definition) is 4. The highest BCUT2D eigenvalue weighted by molar-refractivity contribution is 6.05. The highest BCUT2D eigenvalue weighted by Gasteiger charge is 2.50. The van der Waals surface area contributed by atoms with Crippen molar-refractivity contribution >= 4 is 11.7 Å². The van der Waals surface area contributed by atoms with Crippen LogP contribution in [0.25, 0.3) is 5.70 Å². The molecule has 0 aliphatic heterocycles. The topological polar surface area (TPSA) is 76.1 Å². The molecule has 1 atom stereocenters. The monoisotopic (exact) mass is 304 g/mol. The van der Waals surface area contributed by atoms with E-state index >= 15 is 0 Å². The molecule has 3 rings (SSSR count). The summed E-state index contributed by atoms with van der Waals surface area (Å²) in [6.45, 7) is 1.94. The Morgan fingerprint density at radius 2 is 1.91 bits per heavy atom. The molecule has 1 aliphatic rings. The van der Waals surface area contributed by atoms with E-state index in [0.717, 1.165) is 16.7 Å². The minimum absolute atomic E-state index is 0.189. The number of rotatable bonds is 2. The van der Waals surface area contributed by atoms with Crippen LogP contribution in [0.15, 0.2) is 54.1 Å². The van der Waals surface area contributed by atoms with Crippen LogP contribution in [-0.2, 0) is 14.9 Å². The first-order valence-electron chi connectivity index (χ1n) is 7.23. The number of methoxy groups -OCH3 is 1. The summed E-state index contributed by atoms with van der Waals surface area (Å²) in [5, 5.41) is 10.1. The molecule has 4 nitrogen and oxygen atoms in total. The molecular weight excluding hydrogens is 288 g/mol. The molecular formula is C19H16N2O2. The zero-order chi connectivity index (χ0) is 16.6. The Balaban J connectivity index is 2.42. The summed E-state index contributed by atoms with van der Waals surface area (Å²) in [6.07, 6.45) is 0. The maximum absolute atomic E-state index is 12.4. The number of nitriles is 1. The lowest BCUT2D eigenvalue weighted by Gasteiger charge is -2.25.